The second-order valence-electron chi connectivity index (χ2n) is 2.59. The predicted molar refractivity (Wildman–Crippen MR) is 48.2 cm³/mol. The fourth-order valence-corrected chi connectivity index (χ4v) is 0.887. The van der Waals surface area contributed by atoms with Crippen LogP contribution in [0.25, 0.3) is 0 Å². The predicted octanol–water partition coefficient (Wildman–Crippen LogP) is 0.224. The lowest BCUT2D eigenvalue weighted by Gasteiger charge is -1.98. The van der Waals surface area contributed by atoms with Crippen LogP contribution in [0.15, 0.2) is 12.3 Å². The quantitative estimate of drug-likeness (QED) is 0.701. The SMILES string of the molecule is CCC(=O)Nc1ccn(CCO)n1. The van der Waals surface area contributed by atoms with Crippen LogP contribution < -0.4 is 5.32 Å². The zero-order valence-electron chi connectivity index (χ0n) is 7.53. The molecule has 0 aliphatic heterocycles. The number of hydrogen-bond donors (Lipinski definition) is 2. The Labute approximate surface area is 76.4 Å². The fraction of sp³-hybridized carbons (Fsp3) is 0.500. The number of aliphatic hydroxyl groups excluding tert-OH is 1. The minimum Gasteiger partial charge on any atom is -0.394 e. The third-order valence-electron chi connectivity index (χ3n) is 1.56. The Kier molecular flexibility index (Phi) is 3.45. The topological polar surface area (TPSA) is 67.2 Å². The maximum absolute atomic E-state index is 10.9. The second-order valence-corrected chi connectivity index (χ2v) is 2.59. The van der Waals surface area contributed by atoms with E-state index in [1.165, 1.54) is 0 Å². The summed E-state index contributed by atoms with van der Waals surface area (Å²) >= 11 is 0. The highest BCUT2D eigenvalue weighted by Crippen LogP contribution is 2.02. The first-order valence-corrected chi connectivity index (χ1v) is 4.20. The van der Waals surface area contributed by atoms with Crippen LogP contribution in [0, 0.1) is 0 Å². The molecule has 1 rings (SSSR count). The summed E-state index contributed by atoms with van der Waals surface area (Å²) in [7, 11) is 0. The first-order chi connectivity index (χ1) is 6.26. The molecule has 5 nitrogen and oxygen atoms in total. The lowest BCUT2D eigenvalue weighted by Crippen LogP contribution is -2.11. The first kappa shape index (κ1) is 9.73. The van der Waals surface area contributed by atoms with Crippen LogP contribution in [0.4, 0.5) is 5.82 Å². The molecule has 0 aliphatic carbocycles. The summed E-state index contributed by atoms with van der Waals surface area (Å²) in [6.07, 6.45) is 2.15. The molecular weight excluding hydrogens is 170 g/mol. The van der Waals surface area contributed by atoms with Crippen LogP contribution in [-0.2, 0) is 11.3 Å². The average molecular weight is 183 g/mol. The second kappa shape index (κ2) is 4.61. The summed E-state index contributed by atoms with van der Waals surface area (Å²) in [5.74, 6) is 0.467. The number of amides is 1. The Morgan fingerprint density at radius 3 is 3.15 bits per heavy atom. The Bertz CT molecular complexity index is 283. The van der Waals surface area contributed by atoms with Gasteiger partial charge in [0, 0.05) is 18.7 Å². The van der Waals surface area contributed by atoms with Crippen molar-refractivity contribution in [3.8, 4) is 0 Å². The van der Waals surface area contributed by atoms with Crippen molar-refractivity contribution in [2.45, 2.75) is 19.9 Å². The smallest absolute Gasteiger partial charge is 0.225 e. The molecule has 0 saturated heterocycles. The molecule has 2 N–H and O–H groups in total. The molecule has 1 heterocycles. The van der Waals surface area contributed by atoms with Crippen LogP contribution in [0.5, 0.6) is 0 Å². The minimum absolute atomic E-state index is 0.0445. The molecule has 0 bridgehead atoms. The Hall–Kier alpha value is -1.36. The number of aliphatic hydroxyl groups is 1. The molecule has 0 aromatic carbocycles. The van der Waals surface area contributed by atoms with Crippen LogP contribution >= 0.6 is 0 Å². The van der Waals surface area contributed by atoms with E-state index in [2.05, 4.69) is 10.4 Å². The van der Waals surface area contributed by atoms with E-state index in [1.807, 2.05) is 0 Å². The molecule has 0 saturated carbocycles. The van der Waals surface area contributed by atoms with Gasteiger partial charge in [0.05, 0.1) is 13.2 Å². The zero-order valence-corrected chi connectivity index (χ0v) is 7.53. The van der Waals surface area contributed by atoms with Crippen molar-refractivity contribution in [3.63, 3.8) is 0 Å². The molecule has 0 aliphatic rings. The van der Waals surface area contributed by atoms with Crippen LogP contribution in [0.1, 0.15) is 13.3 Å². The minimum atomic E-state index is -0.0609. The van der Waals surface area contributed by atoms with Gasteiger partial charge in [0.15, 0.2) is 5.82 Å². The first-order valence-electron chi connectivity index (χ1n) is 4.20. The van der Waals surface area contributed by atoms with E-state index in [-0.39, 0.29) is 12.5 Å². The lowest BCUT2D eigenvalue weighted by molar-refractivity contribution is -0.115. The molecule has 0 spiro atoms. The van der Waals surface area contributed by atoms with Crippen molar-refractivity contribution >= 4 is 11.7 Å². The number of rotatable bonds is 4. The van der Waals surface area contributed by atoms with Gasteiger partial charge in [-0.25, -0.2) is 0 Å². The van der Waals surface area contributed by atoms with Crippen molar-refractivity contribution < 1.29 is 9.90 Å². The normalized spacial score (nSPS) is 10.0. The molecule has 72 valence electrons. The average Bonchev–Trinajstić information content (AvgIpc) is 2.53. The van der Waals surface area contributed by atoms with Gasteiger partial charge in [-0.15, -0.1) is 0 Å². The lowest BCUT2D eigenvalue weighted by atomic mass is 10.4. The summed E-state index contributed by atoms with van der Waals surface area (Å²) < 4.78 is 1.57. The van der Waals surface area contributed by atoms with E-state index >= 15 is 0 Å². The highest BCUT2D eigenvalue weighted by Gasteiger charge is 2.01. The van der Waals surface area contributed by atoms with Crippen molar-refractivity contribution in [3.05, 3.63) is 12.3 Å². The van der Waals surface area contributed by atoms with Crippen LogP contribution in [0.2, 0.25) is 0 Å². The maximum Gasteiger partial charge on any atom is 0.225 e. The largest absolute Gasteiger partial charge is 0.394 e. The summed E-state index contributed by atoms with van der Waals surface area (Å²) in [4.78, 5) is 10.9. The molecule has 1 aromatic rings. The van der Waals surface area contributed by atoms with Gasteiger partial charge in [0.2, 0.25) is 5.91 Å². The summed E-state index contributed by atoms with van der Waals surface area (Å²) in [6.45, 7) is 2.27. The third kappa shape index (κ3) is 2.87. The highest BCUT2D eigenvalue weighted by molar-refractivity contribution is 5.89. The van der Waals surface area contributed by atoms with Crippen LogP contribution in [-0.4, -0.2) is 27.4 Å². The van der Waals surface area contributed by atoms with Crippen LogP contribution in [0.3, 0.4) is 0 Å². The monoisotopic (exact) mass is 183 g/mol. The standard InChI is InChI=1S/C8H13N3O2/c1-2-8(13)9-7-3-4-11(10-7)5-6-12/h3-4,12H,2,5-6H2,1H3,(H,9,10,13). The Morgan fingerprint density at radius 2 is 2.54 bits per heavy atom. The molecule has 1 aromatic heterocycles. The van der Waals surface area contributed by atoms with Gasteiger partial charge in [-0.05, 0) is 0 Å². The third-order valence-corrected chi connectivity index (χ3v) is 1.56. The number of hydrogen-bond acceptors (Lipinski definition) is 3. The van der Waals surface area contributed by atoms with E-state index < -0.39 is 0 Å². The van der Waals surface area contributed by atoms with Gasteiger partial charge in [-0.2, -0.15) is 5.10 Å². The molecule has 0 fully saturated rings. The number of nitrogens with zero attached hydrogens (tertiary/aromatic N) is 2. The maximum atomic E-state index is 10.9. The van der Waals surface area contributed by atoms with Gasteiger partial charge in [-0.1, -0.05) is 6.92 Å². The van der Waals surface area contributed by atoms with E-state index in [9.17, 15) is 4.79 Å². The van der Waals surface area contributed by atoms with E-state index in [4.69, 9.17) is 5.11 Å². The zero-order chi connectivity index (χ0) is 9.68. The Morgan fingerprint density at radius 1 is 1.77 bits per heavy atom. The van der Waals surface area contributed by atoms with E-state index in [1.54, 1.807) is 23.9 Å². The van der Waals surface area contributed by atoms with Crippen molar-refractivity contribution in [2.75, 3.05) is 11.9 Å². The van der Waals surface area contributed by atoms with Gasteiger partial charge in [0.1, 0.15) is 0 Å². The van der Waals surface area contributed by atoms with Gasteiger partial charge in [0.25, 0.3) is 0 Å². The number of aromatic nitrogens is 2. The van der Waals surface area contributed by atoms with E-state index in [0.717, 1.165) is 0 Å². The summed E-state index contributed by atoms with van der Waals surface area (Å²) in [5, 5.41) is 15.2. The Balaban J connectivity index is 2.53. The van der Waals surface area contributed by atoms with Crippen molar-refractivity contribution in [1.82, 2.24) is 9.78 Å². The molecule has 5 heteroatoms. The van der Waals surface area contributed by atoms with E-state index in [0.29, 0.717) is 18.8 Å². The summed E-state index contributed by atoms with van der Waals surface area (Å²) in [5.41, 5.74) is 0. The molecular formula is C8H13N3O2. The number of carbonyl (C=O) groups excluding carboxylic acids is 1. The molecule has 1 amide bonds. The molecule has 0 atom stereocenters. The van der Waals surface area contributed by atoms with Gasteiger partial charge >= 0.3 is 0 Å². The molecule has 0 radical (unpaired) electrons. The van der Waals surface area contributed by atoms with Gasteiger partial charge in [-0.3, -0.25) is 9.48 Å². The number of nitrogens with one attached hydrogen (secondary N) is 1. The molecule has 0 unspecified atom stereocenters. The molecule has 13 heavy (non-hydrogen) atoms. The number of carbonyl (C=O) groups is 1. The summed E-state index contributed by atoms with van der Waals surface area (Å²) in [6, 6.07) is 1.70. The number of anilines is 1. The highest BCUT2D eigenvalue weighted by atomic mass is 16.3. The fourth-order valence-electron chi connectivity index (χ4n) is 0.887. The van der Waals surface area contributed by atoms with Gasteiger partial charge < -0.3 is 10.4 Å². The van der Waals surface area contributed by atoms with Crippen molar-refractivity contribution in [1.29, 1.82) is 0 Å². The van der Waals surface area contributed by atoms with Crippen molar-refractivity contribution in [2.24, 2.45) is 0 Å².